The number of esters is 1. The van der Waals surface area contributed by atoms with Crippen LogP contribution in [0.15, 0.2) is 53.5 Å². The molecular weight excluding hydrogens is 436 g/mol. The van der Waals surface area contributed by atoms with Crippen molar-refractivity contribution < 1.29 is 19.4 Å². The molecule has 6 nitrogen and oxygen atoms in total. The molecule has 0 aliphatic heterocycles. The summed E-state index contributed by atoms with van der Waals surface area (Å²) in [5.74, 6) is -0.330. The van der Waals surface area contributed by atoms with Crippen LogP contribution in [0.25, 0.3) is 6.08 Å². The molecule has 0 saturated carbocycles. The van der Waals surface area contributed by atoms with E-state index in [9.17, 15) is 14.7 Å². The van der Waals surface area contributed by atoms with Crippen LogP contribution in [-0.4, -0.2) is 32.7 Å². The van der Waals surface area contributed by atoms with Gasteiger partial charge in [0.05, 0.1) is 23.6 Å². The lowest BCUT2D eigenvalue weighted by molar-refractivity contribution is -0.142. The number of aromatic carboxylic acids is 1. The van der Waals surface area contributed by atoms with Crippen molar-refractivity contribution in [3.63, 3.8) is 0 Å². The number of aromatic nitrogens is 2. The molecule has 0 atom stereocenters. The Labute approximate surface area is 198 Å². The van der Waals surface area contributed by atoms with E-state index in [2.05, 4.69) is 16.5 Å². The predicted octanol–water partition coefficient (Wildman–Crippen LogP) is 5.61. The molecule has 3 rings (SSSR count). The molecule has 0 radical (unpaired) electrons. The van der Waals surface area contributed by atoms with Crippen molar-refractivity contribution in [3.8, 4) is 0 Å². The third-order valence-electron chi connectivity index (χ3n) is 5.14. The summed E-state index contributed by atoms with van der Waals surface area (Å²) in [6.07, 6.45) is 6.85. The number of benzene rings is 1. The van der Waals surface area contributed by atoms with Crippen molar-refractivity contribution >= 4 is 29.4 Å². The average molecular weight is 467 g/mol. The molecule has 33 heavy (non-hydrogen) atoms. The van der Waals surface area contributed by atoms with E-state index in [0.29, 0.717) is 18.5 Å². The molecule has 174 valence electrons. The van der Waals surface area contributed by atoms with Gasteiger partial charge in [0.15, 0.2) is 0 Å². The zero-order valence-corrected chi connectivity index (χ0v) is 20.1. The number of thiophene rings is 1. The molecule has 1 aromatic carbocycles. The Kier molecular flexibility index (Phi) is 8.60. The van der Waals surface area contributed by atoms with Gasteiger partial charge in [-0.1, -0.05) is 31.5 Å². The number of ether oxygens (including phenoxy) is 1. The molecule has 1 N–H and O–H groups in total. The summed E-state index contributed by atoms with van der Waals surface area (Å²) in [4.78, 5) is 29.8. The van der Waals surface area contributed by atoms with Crippen molar-refractivity contribution in [2.75, 3.05) is 0 Å². The molecule has 0 bridgehead atoms. The van der Waals surface area contributed by atoms with E-state index in [1.54, 1.807) is 29.7 Å². The fourth-order valence-corrected chi connectivity index (χ4v) is 4.18. The minimum atomic E-state index is -0.946. The Hall–Kier alpha value is -3.19. The van der Waals surface area contributed by atoms with Crippen LogP contribution >= 0.6 is 11.3 Å². The van der Waals surface area contributed by atoms with Crippen LogP contribution in [0.1, 0.15) is 65.9 Å². The largest absolute Gasteiger partial charge is 0.478 e. The number of carbonyl (C=O) groups is 2. The third kappa shape index (κ3) is 6.89. The third-order valence-corrected chi connectivity index (χ3v) is 6.01. The molecule has 7 heteroatoms. The number of rotatable bonds is 11. The summed E-state index contributed by atoms with van der Waals surface area (Å²) in [6, 6.07) is 10.8. The SMILES string of the molecule is CCCCc1ncc(/C=C(\Cc2cccs2)C(=O)OC(C)C)n1Cc1ccc(C(=O)O)cc1. The fourth-order valence-electron chi connectivity index (χ4n) is 3.45. The van der Waals surface area contributed by atoms with Gasteiger partial charge < -0.3 is 14.4 Å². The van der Waals surface area contributed by atoms with Gasteiger partial charge in [0.25, 0.3) is 0 Å². The summed E-state index contributed by atoms with van der Waals surface area (Å²) < 4.78 is 7.61. The lowest BCUT2D eigenvalue weighted by Gasteiger charge is -2.13. The van der Waals surface area contributed by atoms with E-state index in [0.717, 1.165) is 41.2 Å². The normalized spacial score (nSPS) is 11.7. The first-order chi connectivity index (χ1) is 15.9. The maximum Gasteiger partial charge on any atom is 0.335 e. The Morgan fingerprint density at radius 1 is 1.21 bits per heavy atom. The molecule has 0 aliphatic rings. The van der Waals surface area contributed by atoms with Gasteiger partial charge in [0.2, 0.25) is 0 Å². The van der Waals surface area contributed by atoms with Gasteiger partial charge in [0.1, 0.15) is 5.82 Å². The minimum absolute atomic E-state index is 0.206. The summed E-state index contributed by atoms with van der Waals surface area (Å²) in [7, 11) is 0. The van der Waals surface area contributed by atoms with Gasteiger partial charge >= 0.3 is 11.9 Å². The van der Waals surface area contributed by atoms with Crippen molar-refractivity contribution in [2.24, 2.45) is 0 Å². The van der Waals surface area contributed by atoms with Gasteiger partial charge in [-0.05, 0) is 55.5 Å². The van der Waals surface area contributed by atoms with Gasteiger partial charge in [-0.25, -0.2) is 14.6 Å². The topological polar surface area (TPSA) is 81.4 Å². The monoisotopic (exact) mass is 466 g/mol. The highest BCUT2D eigenvalue weighted by molar-refractivity contribution is 7.09. The Balaban J connectivity index is 1.97. The molecule has 2 heterocycles. The highest BCUT2D eigenvalue weighted by Gasteiger charge is 2.17. The number of aryl methyl sites for hydroxylation is 1. The van der Waals surface area contributed by atoms with Gasteiger partial charge in [0, 0.05) is 29.8 Å². The molecule has 0 amide bonds. The fraction of sp³-hybridized carbons (Fsp3) is 0.346. The van der Waals surface area contributed by atoms with Gasteiger partial charge in [-0.15, -0.1) is 11.3 Å². The second-order valence-electron chi connectivity index (χ2n) is 8.17. The van der Waals surface area contributed by atoms with Crippen molar-refractivity contribution in [1.29, 1.82) is 0 Å². The first kappa shape index (κ1) is 24.5. The number of imidazole rings is 1. The van der Waals surface area contributed by atoms with Crippen LogP contribution in [0, 0.1) is 0 Å². The number of carboxylic acids is 1. The maximum absolute atomic E-state index is 12.9. The molecule has 0 saturated heterocycles. The van der Waals surface area contributed by atoms with Crippen LogP contribution in [-0.2, 0) is 28.9 Å². The smallest absolute Gasteiger partial charge is 0.335 e. The second-order valence-corrected chi connectivity index (χ2v) is 9.20. The summed E-state index contributed by atoms with van der Waals surface area (Å²) >= 11 is 1.61. The molecular formula is C26H30N2O4S. The van der Waals surface area contributed by atoms with E-state index in [1.807, 2.05) is 49.6 Å². The highest BCUT2D eigenvalue weighted by Crippen LogP contribution is 2.21. The predicted molar refractivity (Wildman–Crippen MR) is 131 cm³/mol. The standard InChI is InChI=1S/C26H30N2O4S/c1-4-5-8-24-27-16-22(28(24)17-19-9-11-20(12-10-19)25(29)30)14-21(26(31)32-18(2)3)15-23-7-6-13-33-23/h6-7,9-14,16,18H,4-5,8,15,17H2,1-3H3,(H,29,30)/b21-14+. The number of unbranched alkanes of at least 4 members (excludes halogenated alkanes) is 1. The Morgan fingerprint density at radius 3 is 2.58 bits per heavy atom. The van der Waals surface area contributed by atoms with E-state index in [-0.39, 0.29) is 17.6 Å². The first-order valence-electron chi connectivity index (χ1n) is 11.2. The molecule has 0 spiro atoms. The molecule has 0 aliphatic carbocycles. The van der Waals surface area contributed by atoms with Crippen LogP contribution < -0.4 is 0 Å². The Morgan fingerprint density at radius 2 is 1.97 bits per heavy atom. The zero-order chi connectivity index (χ0) is 23.8. The van der Waals surface area contributed by atoms with Crippen molar-refractivity contribution in [2.45, 2.75) is 59.1 Å². The van der Waals surface area contributed by atoms with E-state index < -0.39 is 5.97 Å². The highest BCUT2D eigenvalue weighted by atomic mass is 32.1. The van der Waals surface area contributed by atoms with Crippen LogP contribution in [0.2, 0.25) is 0 Å². The van der Waals surface area contributed by atoms with Gasteiger partial charge in [-0.3, -0.25) is 0 Å². The van der Waals surface area contributed by atoms with Crippen molar-refractivity contribution in [1.82, 2.24) is 9.55 Å². The zero-order valence-electron chi connectivity index (χ0n) is 19.3. The lowest BCUT2D eigenvalue weighted by atomic mass is 10.1. The summed E-state index contributed by atoms with van der Waals surface area (Å²) in [5, 5.41) is 11.2. The number of hydrogen-bond donors (Lipinski definition) is 1. The first-order valence-corrected chi connectivity index (χ1v) is 12.1. The van der Waals surface area contributed by atoms with E-state index in [4.69, 9.17) is 4.74 Å². The van der Waals surface area contributed by atoms with E-state index >= 15 is 0 Å². The molecule has 3 aromatic rings. The maximum atomic E-state index is 12.9. The average Bonchev–Trinajstić information content (AvgIpc) is 3.42. The number of carboxylic acid groups (broad SMARTS) is 1. The molecule has 0 fully saturated rings. The number of hydrogen-bond acceptors (Lipinski definition) is 5. The summed E-state index contributed by atoms with van der Waals surface area (Å²) in [5.41, 5.74) is 2.63. The quantitative estimate of drug-likeness (QED) is 0.293. The van der Waals surface area contributed by atoms with Crippen LogP contribution in [0.5, 0.6) is 0 Å². The van der Waals surface area contributed by atoms with Crippen molar-refractivity contribution in [3.05, 3.63) is 81.1 Å². The van der Waals surface area contributed by atoms with E-state index in [1.165, 1.54) is 0 Å². The second kappa shape index (κ2) is 11.6. The van der Waals surface area contributed by atoms with Crippen LogP contribution in [0.4, 0.5) is 0 Å². The summed E-state index contributed by atoms with van der Waals surface area (Å²) in [6.45, 7) is 6.36. The number of nitrogens with zero attached hydrogens (tertiary/aromatic N) is 2. The molecule has 2 aromatic heterocycles. The Bertz CT molecular complexity index is 1100. The van der Waals surface area contributed by atoms with Crippen LogP contribution in [0.3, 0.4) is 0 Å². The molecule has 0 unspecified atom stereocenters. The minimum Gasteiger partial charge on any atom is -0.478 e. The lowest BCUT2D eigenvalue weighted by Crippen LogP contribution is -2.15. The number of carbonyl (C=O) groups excluding carboxylic acids is 1. The van der Waals surface area contributed by atoms with Gasteiger partial charge in [-0.2, -0.15) is 0 Å².